The molecule has 2 heterocycles. The smallest absolute Gasteiger partial charge is 0.366 e. The van der Waals surface area contributed by atoms with Gasteiger partial charge in [-0.2, -0.15) is 18.3 Å². The van der Waals surface area contributed by atoms with Crippen molar-refractivity contribution < 1.29 is 35.9 Å². The van der Waals surface area contributed by atoms with E-state index in [0.29, 0.717) is 30.0 Å². The molecule has 2 amide bonds. The molecule has 2 aromatic carbocycles. The van der Waals surface area contributed by atoms with Crippen LogP contribution in [0.4, 0.5) is 26.3 Å². The fourth-order valence-electron chi connectivity index (χ4n) is 4.82. The third kappa shape index (κ3) is 6.45. The summed E-state index contributed by atoms with van der Waals surface area (Å²) in [6.07, 6.45) is -1.08. The Labute approximate surface area is 235 Å². The van der Waals surface area contributed by atoms with E-state index < -0.39 is 53.7 Å². The Balaban J connectivity index is 1.50. The van der Waals surface area contributed by atoms with Gasteiger partial charge in [0, 0.05) is 29.6 Å². The second kappa shape index (κ2) is 11.3. The quantitative estimate of drug-likeness (QED) is 0.254. The summed E-state index contributed by atoms with van der Waals surface area (Å²) in [7, 11) is 0. The molecule has 0 spiro atoms. The van der Waals surface area contributed by atoms with Gasteiger partial charge in [-0.3, -0.25) is 19.3 Å². The fraction of sp³-hybridized carbons (Fsp3) is 0.241. The highest BCUT2D eigenvalue weighted by Gasteiger charge is 2.41. The van der Waals surface area contributed by atoms with Gasteiger partial charge in [0.1, 0.15) is 24.0 Å². The maximum Gasteiger partial charge on any atom is 0.435 e. The minimum absolute atomic E-state index is 0.0238. The van der Waals surface area contributed by atoms with Gasteiger partial charge in [0.2, 0.25) is 5.91 Å². The van der Waals surface area contributed by atoms with Crippen LogP contribution < -0.4 is 11.1 Å². The molecule has 1 saturated carbocycles. The van der Waals surface area contributed by atoms with E-state index in [1.165, 1.54) is 24.5 Å². The number of carbonyl (C=O) groups is 2. The number of alkyl halides is 3. The van der Waals surface area contributed by atoms with Gasteiger partial charge < -0.3 is 11.1 Å². The molecular formula is C29H23F6N5O2. The molecule has 0 radical (unpaired) electrons. The van der Waals surface area contributed by atoms with Crippen LogP contribution in [0.15, 0.2) is 60.9 Å². The van der Waals surface area contributed by atoms with Crippen molar-refractivity contribution in [2.75, 3.05) is 0 Å². The molecule has 4 aromatic rings. The van der Waals surface area contributed by atoms with Gasteiger partial charge in [-0.25, -0.2) is 13.2 Å². The lowest BCUT2D eigenvalue weighted by molar-refractivity contribution is -0.142. The lowest BCUT2D eigenvalue weighted by Gasteiger charge is -2.22. The summed E-state index contributed by atoms with van der Waals surface area (Å²) in [5.41, 5.74) is 4.88. The number of hydrogen-bond donors (Lipinski definition) is 2. The largest absolute Gasteiger partial charge is 0.435 e. The summed E-state index contributed by atoms with van der Waals surface area (Å²) >= 11 is 0. The van der Waals surface area contributed by atoms with E-state index in [4.69, 9.17) is 5.73 Å². The molecule has 0 bridgehead atoms. The number of benzene rings is 2. The zero-order valence-corrected chi connectivity index (χ0v) is 21.8. The second-order valence-corrected chi connectivity index (χ2v) is 10.00. The van der Waals surface area contributed by atoms with Crippen molar-refractivity contribution in [1.82, 2.24) is 20.1 Å². The number of nitrogens with one attached hydrogen (secondary N) is 1. The number of amides is 2. The van der Waals surface area contributed by atoms with Crippen LogP contribution in [-0.4, -0.2) is 26.6 Å². The Bertz CT molecular complexity index is 1640. The average molecular weight is 588 g/mol. The molecule has 1 fully saturated rings. The van der Waals surface area contributed by atoms with Crippen LogP contribution in [0.1, 0.15) is 57.7 Å². The van der Waals surface area contributed by atoms with Crippen LogP contribution in [0.25, 0.3) is 11.1 Å². The standard InChI is InChI=1S/C29H23F6N5O2/c30-18-8-15(9-19(31)12-18)10-24(26-20(2-1-7-37-26)17-5-6-23(32)21(11-17)28(36)42)38-25(41)14-40-13-22(16-3-4-16)27(39-40)29(33,34)35/h1-2,5-9,11-13,16,24H,3-4,10,14H2,(H2,36,42)(H,38,41)/t24-/m0/s1. The maximum absolute atomic E-state index is 14.2. The van der Waals surface area contributed by atoms with Crippen molar-refractivity contribution in [2.45, 2.75) is 43.9 Å². The third-order valence-corrected chi connectivity index (χ3v) is 6.79. The Morgan fingerprint density at radius 3 is 2.40 bits per heavy atom. The molecule has 218 valence electrons. The number of pyridine rings is 1. The number of hydrogen-bond acceptors (Lipinski definition) is 4. The summed E-state index contributed by atoms with van der Waals surface area (Å²) in [4.78, 5) is 29.3. The number of nitrogens with zero attached hydrogens (tertiary/aromatic N) is 3. The lowest BCUT2D eigenvalue weighted by atomic mass is 9.94. The first-order chi connectivity index (χ1) is 19.9. The highest BCUT2D eigenvalue weighted by Crippen LogP contribution is 2.45. The SMILES string of the molecule is NC(=O)c1cc(-c2cccnc2[C@H](Cc2cc(F)cc(F)c2)NC(=O)Cn2cc(C3CC3)c(C(F)(F)F)n2)ccc1F. The van der Waals surface area contributed by atoms with Gasteiger partial charge in [0.15, 0.2) is 5.69 Å². The van der Waals surface area contributed by atoms with Gasteiger partial charge in [0.05, 0.1) is 17.3 Å². The lowest BCUT2D eigenvalue weighted by Crippen LogP contribution is -2.34. The van der Waals surface area contributed by atoms with E-state index in [9.17, 15) is 35.9 Å². The number of rotatable bonds is 9. The molecule has 2 aromatic heterocycles. The summed E-state index contributed by atoms with van der Waals surface area (Å²) in [5.74, 6) is -4.59. The molecule has 1 aliphatic carbocycles. The first-order valence-corrected chi connectivity index (χ1v) is 12.8. The normalized spacial score (nSPS) is 14.0. The van der Waals surface area contributed by atoms with E-state index >= 15 is 0 Å². The van der Waals surface area contributed by atoms with Crippen LogP contribution in [0.5, 0.6) is 0 Å². The molecule has 1 atom stereocenters. The predicted molar refractivity (Wildman–Crippen MR) is 138 cm³/mol. The van der Waals surface area contributed by atoms with Gasteiger partial charge in [-0.1, -0.05) is 12.1 Å². The monoisotopic (exact) mass is 587 g/mol. The molecule has 1 aliphatic rings. The van der Waals surface area contributed by atoms with E-state index in [0.717, 1.165) is 22.9 Å². The topological polar surface area (TPSA) is 103 Å². The summed E-state index contributed by atoms with van der Waals surface area (Å²) in [5, 5.41) is 6.29. The van der Waals surface area contributed by atoms with Crippen molar-refractivity contribution >= 4 is 11.8 Å². The Morgan fingerprint density at radius 2 is 1.76 bits per heavy atom. The maximum atomic E-state index is 14.2. The van der Waals surface area contributed by atoms with Gasteiger partial charge in [-0.15, -0.1) is 0 Å². The summed E-state index contributed by atoms with van der Waals surface area (Å²) in [6, 6.07) is 8.50. The first kappa shape index (κ1) is 28.8. The van der Waals surface area contributed by atoms with E-state index in [1.807, 2.05) is 0 Å². The van der Waals surface area contributed by atoms with Crippen LogP contribution in [-0.2, 0) is 23.9 Å². The van der Waals surface area contributed by atoms with Crippen molar-refractivity contribution in [3.8, 4) is 11.1 Å². The van der Waals surface area contributed by atoms with Crippen molar-refractivity contribution in [1.29, 1.82) is 0 Å². The van der Waals surface area contributed by atoms with Crippen molar-refractivity contribution in [3.05, 3.63) is 106 Å². The number of nitrogens with two attached hydrogens (primary N) is 1. The summed E-state index contributed by atoms with van der Waals surface area (Å²) in [6.45, 7) is -0.575. The number of carbonyl (C=O) groups excluding carboxylic acids is 2. The van der Waals surface area contributed by atoms with Crippen LogP contribution >= 0.6 is 0 Å². The second-order valence-electron chi connectivity index (χ2n) is 10.00. The fourth-order valence-corrected chi connectivity index (χ4v) is 4.82. The van der Waals surface area contributed by atoms with Crippen LogP contribution in [0, 0.1) is 17.5 Å². The van der Waals surface area contributed by atoms with Crippen molar-refractivity contribution in [2.24, 2.45) is 5.73 Å². The van der Waals surface area contributed by atoms with Crippen LogP contribution in [0.3, 0.4) is 0 Å². The minimum atomic E-state index is -4.69. The molecule has 0 saturated heterocycles. The number of primary amides is 1. The summed E-state index contributed by atoms with van der Waals surface area (Å²) < 4.78 is 83.7. The van der Waals surface area contributed by atoms with Crippen molar-refractivity contribution in [3.63, 3.8) is 0 Å². The molecule has 42 heavy (non-hydrogen) atoms. The number of aromatic nitrogens is 3. The van der Waals surface area contributed by atoms with Crippen LogP contribution in [0.2, 0.25) is 0 Å². The van der Waals surface area contributed by atoms with Gasteiger partial charge in [0.25, 0.3) is 5.91 Å². The van der Waals surface area contributed by atoms with E-state index in [-0.39, 0.29) is 34.7 Å². The highest BCUT2D eigenvalue weighted by molar-refractivity contribution is 5.94. The first-order valence-electron chi connectivity index (χ1n) is 12.8. The molecular weight excluding hydrogens is 564 g/mol. The number of halogens is 6. The van der Waals surface area contributed by atoms with Gasteiger partial charge in [-0.05, 0) is 66.6 Å². The zero-order chi connectivity index (χ0) is 30.2. The Hall–Kier alpha value is -4.68. The molecule has 3 N–H and O–H groups in total. The van der Waals surface area contributed by atoms with E-state index in [1.54, 1.807) is 12.1 Å². The van der Waals surface area contributed by atoms with E-state index in [2.05, 4.69) is 15.4 Å². The molecule has 13 heteroatoms. The molecule has 5 rings (SSSR count). The molecule has 7 nitrogen and oxygen atoms in total. The zero-order valence-electron chi connectivity index (χ0n) is 21.8. The van der Waals surface area contributed by atoms with Gasteiger partial charge >= 0.3 is 6.18 Å². The molecule has 0 unspecified atom stereocenters. The highest BCUT2D eigenvalue weighted by atomic mass is 19.4. The average Bonchev–Trinajstić information content (AvgIpc) is 3.66. The minimum Gasteiger partial charge on any atom is -0.366 e. The third-order valence-electron chi connectivity index (χ3n) is 6.79. The Morgan fingerprint density at radius 1 is 1.05 bits per heavy atom. The Kier molecular flexibility index (Phi) is 7.76. The predicted octanol–water partition coefficient (Wildman–Crippen LogP) is 5.46. The molecule has 0 aliphatic heterocycles.